The summed E-state index contributed by atoms with van der Waals surface area (Å²) in [5.74, 6) is 0. The average Bonchev–Trinajstić information content (AvgIpc) is 2.67. The van der Waals surface area contributed by atoms with Crippen LogP contribution < -0.4 is 5.32 Å². The molecule has 4 heteroatoms. The molecule has 2 aliphatic heterocycles. The zero-order valence-electron chi connectivity index (χ0n) is 11.2. The molecule has 2 heterocycles. The lowest BCUT2D eigenvalue weighted by Gasteiger charge is -2.26. The molecule has 2 aliphatic rings. The summed E-state index contributed by atoms with van der Waals surface area (Å²) in [6, 6.07) is 10.6. The Morgan fingerprint density at radius 2 is 2.11 bits per heavy atom. The Kier molecular flexibility index (Phi) is 3.84. The van der Waals surface area contributed by atoms with Gasteiger partial charge in [-0.3, -0.25) is 10.2 Å². The Balaban J connectivity index is 1.59. The number of rotatable bonds is 2. The second kappa shape index (κ2) is 5.59. The highest BCUT2D eigenvalue weighted by atomic mass is 16.6. The largest absolute Gasteiger partial charge is 0.356 e. The maximum atomic E-state index is 9.49. The molecular formula is C15H22N2O2. The van der Waals surface area contributed by atoms with Crippen LogP contribution in [-0.4, -0.2) is 41.7 Å². The lowest BCUT2D eigenvalue weighted by Crippen LogP contribution is -2.34. The Labute approximate surface area is 114 Å². The minimum absolute atomic E-state index is 0.148. The van der Waals surface area contributed by atoms with Crippen LogP contribution in [0.15, 0.2) is 30.3 Å². The minimum atomic E-state index is -0.777. The van der Waals surface area contributed by atoms with Crippen LogP contribution in [-0.2, 0) is 11.3 Å². The van der Waals surface area contributed by atoms with Gasteiger partial charge < -0.3 is 9.84 Å². The quantitative estimate of drug-likeness (QED) is 0.843. The first kappa shape index (κ1) is 13.1. The number of likely N-dealkylation sites (tertiary alicyclic amines) is 1. The van der Waals surface area contributed by atoms with E-state index in [2.05, 4.69) is 40.5 Å². The molecule has 1 aromatic rings. The molecule has 0 amide bonds. The van der Waals surface area contributed by atoms with E-state index in [9.17, 15) is 5.11 Å². The van der Waals surface area contributed by atoms with Crippen LogP contribution in [0, 0.1) is 0 Å². The lowest BCUT2D eigenvalue weighted by atomic mass is 9.95. The van der Waals surface area contributed by atoms with Crippen molar-refractivity contribution in [1.82, 2.24) is 10.2 Å². The number of ether oxygens (including phenoxy) is 1. The standard InChI is InChI=1S/C15H22N2O2/c18-14-16-12-15(19-14)7-4-9-17(10-8-15)11-13-5-2-1-3-6-13/h1-3,5-6,14,16,18H,4,7-12H2. The highest BCUT2D eigenvalue weighted by molar-refractivity contribution is 5.14. The molecule has 2 saturated heterocycles. The first-order valence-corrected chi connectivity index (χ1v) is 7.11. The number of benzene rings is 1. The van der Waals surface area contributed by atoms with E-state index >= 15 is 0 Å². The third-order valence-corrected chi connectivity index (χ3v) is 4.20. The molecule has 19 heavy (non-hydrogen) atoms. The van der Waals surface area contributed by atoms with Gasteiger partial charge in [0.15, 0.2) is 0 Å². The van der Waals surface area contributed by atoms with Crippen molar-refractivity contribution in [2.24, 2.45) is 0 Å². The average molecular weight is 262 g/mol. The molecule has 104 valence electrons. The van der Waals surface area contributed by atoms with Gasteiger partial charge in [0.25, 0.3) is 0 Å². The van der Waals surface area contributed by atoms with Crippen LogP contribution in [0.2, 0.25) is 0 Å². The number of nitrogens with one attached hydrogen (secondary N) is 1. The molecule has 2 unspecified atom stereocenters. The molecule has 0 bridgehead atoms. The summed E-state index contributed by atoms with van der Waals surface area (Å²) < 4.78 is 5.69. The fourth-order valence-electron chi connectivity index (χ4n) is 3.11. The topological polar surface area (TPSA) is 44.7 Å². The molecule has 0 radical (unpaired) electrons. The van der Waals surface area contributed by atoms with E-state index in [4.69, 9.17) is 4.74 Å². The van der Waals surface area contributed by atoms with Gasteiger partial charge in [-0.1, -0.05) is 30.3 Å². The fourth-order valence-corrected chi connectivity index (χ4v) is 3.11. The van der Waals surface area contributed by atoms with Crippen LogP contribution in [0.3, 0.4) is 0 Å². The summed E-state index contributed by atoms with van der Waals surface area (Å²) in [5, 5.41) is 12.5. The predicted octanol–water partition coefficient (Wildman–Crippen LogP) is 1.31. The van der Waals surface area contributed by atoms with Crippen LogP contribution in [0.25, 0.3) is 0 Å². The van der Waals surface area contributed by atoms with Crippen LogP contribution in [0.5, 0.6) is 0 Å². The van der Waals surface area contributed by atoms with Gasteiger partial charge in [-0.05, 0) is 31.4 Å². The number of nitrogens with zero attached hydrogens (tertiary/aromatic N) is 1. The van der Waals surface area contributed by atoms with E-state index in [0.29, 0.717) is 0 Å². The summed E-state index contributed by atoms with van der Waals surface area (Å²) in [6.45, 7) is 3.92. The molecule has 0 saturated carbocycles. The van der Waals surface area contributed by atoms with Crippen LogP contribution in [0.4, 0.5) is 0 Å². The number of aliphatic hydroxyl groups is 1. The summed E-state index contributed by atoms with van der Waals surface area (Å²) in [6.07, 6.45) is 2.37. The number of hydrogen-bond acceptors (Lipinski definition) is 4. The van der Waals surface area contributed by atoms with Gasteiger partial charge in [0.05, 0.1) is 5.60 Å². The van der Waals surface area contributed by atoms with E-state index in [-0.39, 0.29) is 5.60 Å². The number of hydrogen-bond donors (Lipinski definition) is 2. The molecule has 0 aliphatic carbocycles. The van der Waals surface area contributed by atoms with E-state index in [1.807, 2.05) is 0 Å². The Hall–Kier alpha value is -0.940. The molecular weight excluding hydrogens is 240 g/mol. The van der Waals surface area contributed by atoms with Gasteiger partial charge in [-0.25, -0.2) is 0 Å². The van der Waals surface area contributed by atoms with E-state index < -0.39 is 6.41 Å². The van der Waals surface area contributed by atoms with Crippen molar-refractivity contribution >= 4 is 0 Å². The Morgan fingerprint density at radius 3 is 2.84 bits per heavy atom. The SMILES string of the molecule is OC1NCC2(CCCN(Cc3ccccc3)CC2)O1. The van der Waals surface area contributed by atoms with Crippen molar-refractivity contribution in [2.75, 3.05) is 19.6 Å². The third kappa shape index (κ3) is 3.15. The second-order valence-electron chi connectivity index (χ2n) is 5.65. The molecule has 2 atom stereocenters. The molecule has 2 N–H and O–H groups in total. The van der Waals surface area contributed by atoms with Crippen molar-refractivity contribution in [3.05, 3.63) is 35.9 Å². The fraction of sp³-hybridized carbons (Fsp3) is 0.600. The first-order chi connectivity index (χ1) is 9.26. The van der Waals surface area contributed by atoms with E-state index in [1.165, 1.54) is 5.56 Å². The van der Waals surface area contributed by atoms with Gasteiger partial charge in [0, 0.05) is 19.6 Å². The van der Waals surface area contributed by atoms with Gasteiger partial charge in [-0.2, -0.15) is 0 Å². The highest BCUT2D eigenvalue weighted by Crippen LogP contribution is 2.30. The summed E-state index contributed by atoms with van der Waals surface area (Å²) in [7, 11) is 0. The monoisotopic (exact) mass is 262 g/mol. The van der Waals surface area contributed by atoms with Crippen molar-refractivity contribution in [3.8, 4) is 0 Å². The Bertz CT molecular complexity index is 412. The van der Waals surface area contributed by atoms with Gasteiger partial charge in [-0.15, -0.1) is 0 Å². The maximum Gasteiger partial charge on any atom is 0.214 e. The zero-order chi connectivity index (χ0) is 13.1. The highest BCUT2D eigenvalue weighted by Gasteiger charge is 2.40. The van der Waals surface area contributed by atoms with Crippen molar-refractivity contribution < 1.29 is 9.84 Å². The minimum Gasteiger partial charge on any atom is -0.356 e. The summed E-state index contributed by atoms with van der Waals surface area (Å²) in [4.78, 5) is 2.48. The van der Waals surface area contributed by atoms with E-state index in [0.717, 1.165) is 45.4 Å². The molecule has 1 spiro atoms. The lowest BCUT2D eigenvalue weighted by molar-refractivity contribution is -0.145. The molecule has 0 aromatic heterocycles. The second-order valence-corrected chi connectivity index (χ2v) is 5.65. The maximum absolute atomic E-state index is 9.49. The first-order valence-electron chi connectivity index (χ1n) is 7.11. The Morgan fingerprint density at radius 1 is 1.26 bits per heavy atom. The molecule has 3 rings (SSSR count). The van der Waals surface area contributed by atoms with Gasteiger partial charge >= 0.3 is 0 Å². The molecule has 1 aromatic carbocycles. The van der Waals surface area contributed by atoms with Crippen molar-refractivity contribution in [1.29, 1.82) is 0 Å². The van der Waals surface area contributed by atoms with Crippen molar-refractivity contribution in [2.45, 2.75) is 37.8 Å². The van der Waals surface area contributed by atoms with Crippen LogP contribution in [0.1, 0.15) is 24.8 Å². The number of aliphatic hydroxyl groups excluding tert-OH is 1. The van der Waals surface area contributed by atoms with Gasteiger partial charge in [0.2, 0.25) is 6.41 Å². The van der Waals surface area contributed by atoms with E-state index in [1.54, 1.807) is 0 Å². The summed E-state index contributed by atoms with van der Waals surface area (Å²) >= 11 is 0. The van der Waals surface area contributed by atoms with Crippen LogP contribution >= 0.6 is 0 Å². The normalized spacial score (nSPS) is 32.6. The van der Waals surface area contributed by atoms with Gasteiger partial charge in [0.1, 0.15) is 0 Å². The molecule has 4 nitrogen and oxygen atoms in total. The zero-order valence-corrected chi connectivity index (χ0v) is 11.2. The van der Waals surface area contributed by atoms with Crippen molar-refractivity contribution in [3.63, 3.8) is 0 Å². The summed E-state index contributed by atoms with van der Waals surface area (Å²) in [5.41, 5.74) is 1.22. The molecule has 2 fully saturated rings. The third-order valence-electron chi connectivity index (χ3n) is 4.20. The predicted molar refractivity (Wildman–Crippen MR) is 73.4 cm³/mol. The smallest absolute Gasteiger partial charge is 0.214 e.